The van der Waals surface area contributed by atoms with Crippen LogP contribution in [0.15, 0.2) is 58.9 Å². The number of amides is 1. The van der Waals surface area contributed by atoms with Gasteiger partial charge in [-0.25, -0.2) is 8.42 Å². The summed E-state index contributed by atoms with van der Waals surface area (Å²) in [4.78, 5) is 17.6. The zero-order valence-electron chi connectivity index (χ0n) is 15.4. The van der Waals surface area contributed by atoms with E-state index in [2.05, 4.69) is 37.6 Å². The molecule has 5 nitrogen and oxygen atoms in total. The van der Waals surface area contributed by atoms with Crippen LogP contribution in [-0.2, 0) is 16.4 Å². The van der Waals surface area contributed by atoms with E-state index in [1.54, 1.807) is 6.08 Å². The molecule has 0 spiro atoms. The maximum Gasteiger partial charge on any atom is 0.279 e. The predicted octanol–water partition coefficient (Wildman–Crippen LogP) is 3.65. The number of hydrogen-bond acceptors (Lipinski definition) is 4. The van der Waals surface area contributed by atoms with E-state index in [9.17, 15) is 13.2 Å². The minimum atomic E-state index is -3.30. The average Bonchev–Trinajstić information content (AvgIpc) is 2.91. The van der Waals surface area contributed by atoms with Gasteiger partial charge in [0.05, 0.1) is 15.1 Å². The Bertz CT molecular complexity index is 1210. The molecule has 0 saturated heterocycles. The average molecular weight is 401 g/mol. The number of aromatic nitrogens is 1. The van der Waals surface area contributed by atoms with Crippen LogP contribution in [0.2, 0.25) is 0 Å². The lowest BCUT2D eigenvalue weighted by Gasteiger charge is -2.04. The van der Waals surface area contributed by atoms with Gasteiger partial charge in [-0.3, -0.25) is 4.79 Å². The van der Waals surface area contributed by atoms with Crippen molar-refractivity contribution in [3.05, 3.63) is 70.5 Å². The summed E-state index contributed by atoms with van der Waals surface area (Å²) in [6, 6.07) is 10.0. The van der Waals surface area contributed by atoms with Crippen molar-refractivity contribution in [2.24, 2.45) is 4.99 Å². The van der Waals surface area contributed by atoms with Gasteiger partial charge < -0.3 is 4.57 Å². The zero-order chi connectivity index (χ0) is 19.8. The van der Waals surface area contributed by atoms with Crippen LogP contribution in [0.3, 0.4) is 0 Å². The quantitative estimate of drug-likeness (QED) is 0.628. The van der Waals surface area contributed by atoms with Crippen LogP contribution in [0.25, 0.3) is 10.2 Å². The number of nitrogens with zero attached hydrogens (tertiary/aromatic N) is 2. The van der Waals surface area contributed by atoms with Gasteiger partial charge in [-0.05, 0) is 61.4 Å². The number of rotatable bonds is 4. The molecule has 0 radical (unpaired) electrons. The fraction of sp³-hybridized carbons (Fsp3) is 0.200. The predicted molar refractivity (Wildman–Crippen MR) is 109 cm³/mol. The molecule has 2 aromatic carbocycles. The largest absolute Gasteiger partial charge is 0.312 e. The summed E-state index contributed by atoms with van der Waals surface area (Å²) >= 11 is 1.45. The van der Waals surface area contributed by atoms with Gasteiger partial charge in [-0.15, -0.1) is 6.58 Å². The fourth-order valence-corrected chi connectivity index (χ4v) is 4.46. The first-order chi connectivity index (χ1) is 12.7. The second-order valence-electron chi connectivity index (χ2n) is 6.40. The van der Waals surface area contributed by atoms with Gasteiger partial charge in [0, 0.05) is 18.4 Å². The summed E-state index contributed by atoms with van der Waals surface area (Å²) in [6.45, 7) is 8.44. The Labute approximate surface area is 162 Å². The molecule has 0 N–H and O–H groups in total. The molecule has 7 heteroatoms. The van der Waals surface area contributed by atoms with E-state index in [1.807, 2.05) is 4.57 Å². The number of benzene rings is 2. The van der Waals surface area contributed by atoms with E-state index in [0.717, 1.165) is 16.5 Å². The van der Waals surface area contributed by atoms with Crippen molar-refractivity contribution in [3.63, 3.8) is 0 Å². The Morgan fingerprint density at radius 2 is 1.81 bits per heavy atom. The van der Waals surface area contributed by atoms with E-state index < -0.39 is 15.7 Å². The van der Waals surface area contributed by atoms with Crippen molar-refractivity contribution in [1.29, 1.82) is 0 Å². The van der Waals surface area contributed by atoms with E-state index in [4.69, 9.17) is 0 Å². The molecule has 1 heterocycles. The maximum atomic E-state index is 12.6. The highest BCUT2D eigenvalue weighted by Gasteiger charge is 2.12. The first-order valence-corrected chi connectivity index (χ1v) is 11.0. The molecule has 0 aliphatic heterocycles. The second-order valence-corrected chi connectivity index (χ2v) is 9.43. The smallest absolute Gasteiger partial charge is 0.279 e. The highest BCUT2D eigenvalue weighted by atomic mass is 32.2. The van der Waals surface area contributed by atoms with Gasteiger partial charge in [0.1, 0.15) is 0 Å². The number of allylic oxidation sites excluding steroid dienone is 1. The van der Waals surface area contributed by atoms with Crippen molar-refractivity contribution in [2.45, 2.75) is 25.3 Å². The molecule has 0 saturated carbocycles. The second kappa shape index (κ2) is 7.25. The van der Waals surface area contributed by atoms with Crippen molar-refractivity contribution in [3.8, 4) is 0 Å². The molecule has 27 heavy (non-hydrogen) atoms. The molecule has 0 unspecified atom stereocenters. The molecule has 0 fully saturated rings. The Balaban J connectivity index is 2.10. The number of sulfone groups is 1. The summed E-state index contributed by atoms with van der Waals surface area (Å²) in [7, 11) is -3.30. The van der Waals surface area contributed by atoms with E-state index in [-0.39, 0.29) is 4.90 Å². The van der Waals surface area contributed by atoms with E-state index >= 15 is 0 Å². The minimum Gasteiger partial charge on any atom is -0.312 e. The number of fused-ring (bicyclic) bond motifs is 1. The van der Waals surface area contributed by atoms with Crippen LogP contribution in [0.4, 0.5) is 0 Å². The van der Waals surface area contributed by atoms with Crippen LogP contribution >= 0.6 is 11.3 Å². The van der Waals surface area contributed by atoms with Gasteiger partial charge in [-0.1, -0.05) is 17.4 Å². The van der Waals surface area contributed by atoms with Crippen LogP contribution in [-0.4, -0.2) is 25.1 Å². The lowest BCUT2D eigenvalue weighted by atomic mass is 10.1. The summed E-state index contributed by atoms with van der Waals surface area (Å²) in [6.07, 6.45) is 2.90. The SMILES string of the molecule is C=CCn1c(=NC(=O)c2ccc(S(C)(=O)=O)cc2)sc2cc(C)c(C)cc21. The van der Waals surface area contributed by atoms with E-state index in [1.165, 1.54) is 46.7 Å². The van der Waals surface area contributed by atoms with Gasteiger partial charge in [0.2, 0.25) is 0 Å². The van der Waals surface area contributed by atoms with Gasteiger partial charge in [0.15, 0.2) is 14.6 Å². The Kier molecular flexibility index (Phi) is 5.17. The highest BCUT2D eigenvalue weighted by Crippen LogP contribution is 2.22. The summed E-state index contributed by atoms with van der Waals surface area (Å²) in [5, 5.41) is 0. The number of thiazole rings is 1. The lowest BCUT2D eigenvalue weighted by molar-refractivity contribution is 0.0998. The number of hydrogen-bond donors (Lipinski definition) is 0. The van der Waals surface area contributed by atoms with Crippen LogP contribution in [0.1, 0.15) is 21.5 Å². The number of carbonyl (C=O) groups excluding carboxylic acids is 1. The third kappa shape index (κ3) is 3.94. The monoisotopic (exact) mass is 400 g/mol. The summed E-state index contributed by atoms with van der Waals surface area (Å²) in [5.74, 6) is -0.409. The molecule has 1 aromatic heterocycles. The maximum absolute atomic E-state index is 12.6. The topological polar surface area (TPSA) is 68.5 Å². The lowest BCUT2D eigenvalue weighted by Crippen LogP contribution is -2.16. The molecule has 0 bridgehead atoms. The van der Waals surface area contributed by atoms with Gasteiger partial charge >= 0.3 is 0 Å². The Hall–Kier alpha value is -2.51. The Morgan fingerprint density at radius 1 is 1.19 bits per heavy atom. The molecule has 3 rings (SSSR count). The first-order valence-electron chi connectivity index (χ1n) is 8.31. The van der Waals surface area contributed by atoms with Gasteiger partial charge in [0.25, 0.3) is 5.91 Å². The summed E-state index contributed by atoms with van der Waals surface area (Å²) < 4.78 is 26.1. The van der Waals surface area contributed by atoms with Crippen LogP contribution < -0.4 is 4.80 Å². The van der Waals surface area contributed by atoms with Crippen molar-refractivity contribution in [1.82, 2.24) is 4.57 Å². The standard InChI is InChI=1S/C20H20N2O3S2/c1-5-10-22-17-11-13(2)14(3)12-18(17)26-20(22)21-19(23)15-6-8-16(9-7-15)27(4,24)25/h5-9,11-12H,1,10H2,2-4H3. The normalized spacial score (nSPS) is 12.5. The minimum absolute atomic E-state index is 0.175. The third-order valence-electron chi connectivity index (χ3n) is 4.34. The van der Waals surface area contributed by atoms with Crippen LogP contribution in [0.5, 0.6) is 0 Å². The van der Waals surface area contributed by atoms with Crippen molar-refractivity contribution in [2.75, 3.05) is 6.26 Å². The Morgan fingerprint density at radius 3 is 2.41 bits per heavy atom. The molecular weight excluding hydrogens is 380 g/mol. The number of aryl methyl sites for hydroxylation is 2. The van der Waals surface area contributed by atoms with Crippen molar-refractivity contribution < 1.29 is 13.2 Å². The third-order valence-corrected chi connectivity index (χ3v) is 6.51. The van der Waals surface area contributed by atoms with Crippen molar-refractivity contribution >= 4 is 37.3 Å². The molecule has 1 amide bonds. The molecule has 0 aliphatic carbocycles. The number of carbonyl (C=O) groups is 1. The van der Waals surface area contributed by atoms with Crippen LogP contribution in [0, 0.1) is 13.8 Å². The fourth-order valence-electron chi connectivity index (χ4n) is 2.71. The molecule has 0 atom stereocenters. The molecule has 140 valence electrons. The first kappa shape index (κ1) is 19.3. The molecule has 0 aliphatic rings. The molecule has 3 aromatic rings. The van der Waals surface area contributed by atoms with E-state index in [0.29, 0.717) is 16.9 Å². The summed E-state index contributed by atoms with van der Waals surface area (Å²) in [5.41, 5.74) is 3.72. The molecular formula is C20H20N2O3S2. The van der Waals surface area contributed by atoms with Gasteiger partial charge in [-0.2, -0.15) is 4.99 Å². The zero-order valence-corrected chi connectivity index (χ0v) is 17.0. The highest BCUT2D eigenvalue weighted by molar-refractivity contribution is 7.90.